The number of H-pyrrole nitrogens is 1. The number of pyridine rings is 1. The molecule has 0 bridgehead atoms. The van der Waals surface area contributed by atoms with E-state index in [2.05, 4.69) is 25.0 Å². The number of rotatable bonds is 10. The highest BCUT2D eigenvalue weighted by molar-refractivity contribution is 7.89. The number of sulfonamides is 1. The van der Waals surface area contributed by atoms with Gasteiger partial charge in [-0.05, 0) is 56.7 Å². The Morgan fingerprint density at radius 3 is 2.81 bits per heavy atom. The summed E-state index contributed by atoms with van der Waals surface area (Å²) in [6, 6.07) is 4.59. The maximum atomic E-state index is 13.5. The Hall–Kier alpha value is -3.51. The second-order valence-electron chi connectivity index (χ2n) is 8.84. The van der Waals surface area contributed by atoms with Crippen LogP contribution in [0.2, 0.25) is 0 Å². The van der Waals surface area contributed by atoms with Crippen molar-refractivity contribution in [3.63, 3.8) is 0 Å². The number of piperidine rings is 1. The zero-order valence-corrected chi connectivity index (χ0v) is 20.8. The number of carboxylic acid groups (broad SMARTS) is 1. The van der Waals surface area contributed by atoms with Gasteiger partial charge in [-0.15, -0.1) is 0 Å². The third kappa shape index (κ3) is 5.65. The van der Waals surface area contributed by atoms with Gasteiger partial charge >= 0.3 is 5.97 Å². The maximum Gasteiger partial charge on any atom is 0.326 e. The van der Waals surface area contributed by atoms with E-state index in [-0.39, 0.29) is 17.9 Å². The van der Waals surface area contributed by atoms with Gasteiger partial charge in [-0.3, -0.25) is 9.78 Å². The van der Waals surface area contributed by atoms with Gasteiger partial charge in [-0.25, -0.2) is 18.2 Å². The molecule has 0 spiro atoms. The van der Waals surface area contributed by atoms with Crippen molar-refractivity contribution in [2.75, 3.05) is 18.4 Å². The van der Waals surface area contributed by atoms with E-state index in [0.29, 0.717) is 49.1 Å². The molecule has 11 nitrogen and oxygen atoms in total. The summed E-state index contributed by atoms with van der Waals surface area (Å²) in [4.78, 5) is 37.9. The smallest absolute Gasteiger partial charge is 0.326 e. The molecule has 192 valence electrons. The summed E-state index contributed by atoms with van der Waals surface area (Å²) in [5.41, 5.74) is 1.20. The van der Waals surface area contributed by atoms with Crippen molar-refractivity contribution in [2.45, 2.75) is 56.0 Å². The fraction of sp³-hybridized carbons (Fsp3) is 0.417. The van der Waals surface area contributed by atoms with Crippen LogP contribution in [-0.2, 0) is 19.6 Å². The summed E-state index contributed by atoms with van der Waals surface area (Å²) < 4.78 is 29.6. The molecule has 0 radical (unpaired) electrons. The predicted molar refractivity (Wildman–Crippen MR) is 134 cm³/mol. The number of nitrogens with zero attached hydrogens (tertiary/aromatic N) is 3. The van der Waals surface area contributed by atoms with Crippen molar-refractivity contribution >= 4 is 38.8 Å². The number of amides is 1. The minimum absolute atomic E-state index is 0.0244. The molecular weight excluding hydrogens is 484 g/mol. The number of carboxylic acids is 1. The minimum Gasteiger partial charge on any atom is -0.480 e. The van der Waals surface area contributed by atoms with Crippen LogP contribution in [0.3, 0.4) is 0 Å². The lowest BCUT2D eigenvalue weighted by Crippen LogP contribution is -2.55. The fourth-order valence-corrected chi connectivity index (χ4v) is 5.91. The molecule has 12 heteroatoms. The Kier molecular flexibility index (Phi) is 7.85. The number of likely N-dealkylation sites (tertiary alicyclic amines) is 1. The van der Waals surface area contributed by atoms with E-state index < -0.39 is 34.0 Å². The molecule has 4 rings (SSSR count). The SMILES string of the molecule is Cc1ccnc2c(S(=O)(=O)N[C@@H](CCCNc3ncc[nH]3)C(=O)N3CCCCC3C(=O)O)cccc12. The molecule has 1 fully saturated rings. The molecule has 36 heavy (non-hydrogen) atoms. The summed E-state index contributed by atoms with van der Waals surface area (Å²) in [6.07, 6.45) is 7.14. The van der Waals surface area contributed by atoms with Gasteiger partial charge in [0.1, 0.15) is 17.0 Å². The number of carbonyl (C=O) groups is 2. The van der Waals surface area contributed by atoms with Crippen molar-refractivity contribution in [1.82, 2.24) is 24.6 Å². The molecule has 3 heterocycles. The molecule has 2 aromatic heterocycles. The number of aromatic amines is 1. The lowest BCUT2D eigenvalue weighted by Gasteiger charge is -2.35. The van der Waals surface area contributed by atoms with Gasteiger partial charge in [0.05, 0.1) is 5.52 Å². The zero-order valence-electron chi connectivity index (χ0n) is 20.0. The Labute approximate surface area is 209 Å². The van der Waals surface area contributed by atoms with Crippen molar-refractivity contribution in [3.8, 4) is 0 Å². The monoisotopic (exact) mass is 514 g/mol. The number of hydrogen-bond donors (Lipinski definition) is 4. The molecule has 1 aromatic carbocycles. The van der Waals surface area contributed by atoms with E-state index in [4.69, 9.17) is 0 Å². The zero-order chi connectivity index (χ0) is 25.7. The highest BCUT2D eigenvalue weighted by Crippen LogP contribution is 2.25. The Bertz CT molecular complexity index is 1330. The van der Waals surface area contributed by atoms with E-state index in [1.807, 2.05) is 6.92 Å². The molecule has 2 atom stereocenters. The molecular formula is C24H30N6O5S. The van der Waals surface area contributed by atoms with Gasteiger partial charge in [0.2, 0.25) is 15.9 Å². The molecule has 3 aromatic rings. The van der Waals surface area contributed by atoms with E-state index in [1.165, 1.54) is 11.0 Å². The molecule has 1 amide bonds. The molecule has 1 aliphatic rings. The number of anilines is 1. The van der Waals surface area contributed by atoms with Crippen LogP contribution < -0.4 is 10.0 Å². The first-order valence-corrected chi connectivity index (χ1v) is 13.4. The topological polar surface area (TPSA) is 157 Å². The highest BCUT2D eigenvalue weighted by atomic mass is 32.2. The van der Waals surface area contributed by atoms with Crippen LogP contribution in [0, 0.1) is 6.92 Å². The number of carbonyl (C=O) groups excluding carboxylic acids is 1. The number of benzene rings is 1. The molecule has 0 aliphatic carbocycles. The molecule has 0 saturated carbocycles. The van der Waals surface area contributed by atoms with E-state index in [0.717, 1.165) is 5.56 Å². The van der Waals surface area contributed by atoms with Gasteiger partial charge < -0.3 is 20.3 Å². The number of aliphatic carboxylic acids is 1. The molecule has 1 unspecified atom stereocenters. The van der Waals surface area contributed by atoms with Crippen LogP contribution in [0.5, 0.6) is 0 Å². The Balaban J connectivity index is 1.59. The first-order chi connectivity index (χ1) is 17.3. The fourth-order valence-electron chi connectivity index (χ4n) is 4.51. The molecule has 1 saturated heterocycles. The standard InChI is InChI=1S/C24H30N6O5S/c1-16-10-12-25-21-17(16)6-4-9-20(21)36(34,35)29-18(7-5-11-26-24-27-13-14-28-24)22(31)30-15-3-2-8-19(30)23(32)33/h4,6,9-10,12-14,18-19,29H,2-3,5,7-8,11,15H2,1H3,(H,32,33)(H2,26,27,28)/t18-,19?/m0/s1. The van der Waals surface area contributed by atoms with Gasteiger partial charge in [0.15, 0.2) is 5.95 Å². The average Bonchev–Trinajstić information content (AvgIpc) is 3.39. The van der Waals surface area contributed by atoms with Crippen molar-refractivity contribution < 1.29 is 23.1 Å². The number of para-hydroxylation sites is 1. The van der Waals surface area contributed by atoms with Crippen LogP contribution in [0.1, 0.15) is 37.7 Å². The second-order valence-corrected chi connectivity index (χ2v) is 10.5. The van der Waals surface area contributed by atoms with Crippen molar-refractivity contribution in [1.29, 1.82) is 0 Å². The third-order valence-corrected chi connectivity index (χ3v) is 7.87. The van der Waals surface area contributed by atoms with Gasteiger partial charge in [0, 0.05) is 37.1 Å². The van der Waals surface area contributed by atoms with Crippen LogP contribution in [-0.4, -0.2) is 70.4 Å². The van der Waals surface area contributed by atoms with E-state index in [9.17, 15) is 23.1 Å². The summed E-state index contributed by atoms with van der Waals surface area (Å²) in [7, 11) is -4.15. The second kappa shape index (κ2) is 11.0. The number of hydrogen-bond acceptors (Lipinski definition) is 7. The van der Waals surface area contributed by atoms with E-state index in [1.54, 1.807) is 36.8 Å². The third-order valence-electron chi connectivity index (χ3n) is 6.37. The first-order valence-electron chi connectivity index (χ1n) is 11.9. The predicted octanol–water partition coefficient (Wildman–Crippen LogP) is 2.27. The van der Waals surface area contributed by atoms with Crippen molar-refractivity contribution in [3.05, 3.63) is 48.4 Å². The molecule has 1 aliphatic heterocycles. The largest absolute Gasteiger partial charge is 0.480 e. The Morgan fingerprint density at radius 2 is 2.06 bits per heavy atom. The van der Waals surface area contributed by atoms with E-state index >= 15 is 0 Å². The minimum atomic E-state index is -4.15. The normalized spacial score (nSPS) is 17.1. The number of aryl methyl sites for hydroxylation is 1. The van der Waals surface area contributed by atoms with Crippen LogP contribution in [0.25, 0.3) is 10.9 Å². The summed E-state index contributed by atoms with van der Waals surface area (Å²) in [6.45, 7) is 2.58. The average molecular weight is 515 g/mol. The summed E-state index contributed by atoms with van der Waals surface area (Å²) in [5, 5.41) is 13.4. The number of imidazole rings is 1. The number of aromatic nitrogens is 3. The van der Waals surface area contributed by atoms with Crippen LogP contribution >= 0.6 is 0 Å². The van der Waals surface area contributed by atoms with Crippen molar-refractivity contribution in [2.24, 2.45) is 0 Å². The summed E-state index contributed by atoms with van der Waals surface area (Å²) in [5.74, 6) is -1.05. The highest BCUT2D eigenvalue weighted by Gasteiger charge is 2.37. The lowest BCUT2D eigenvalue weighted by molar-refractivity contribution is -0.152. The summed E-state index contributed by atoms with van der Waals surface area (Å²) >= 11 is 0. The van der Waals surface area contributed by atoms with Gasteiger partial charge in [-0.2, -0.15) is 4.72 Å². The maximum absolute atomic E-state index is 13.5. The van der Waals surface area contributed by atoms with Gasteiger partial charge in [-0.1, -0.05) is 12.1 Å². The van der Waals surface area contributed by atoms with Crippen LogP contribution in [0.4, 0.5) is 5.95 Å². The lowest BCUT2D eigenvalue weighted by atomic mass is 10.00. The van der Waals surface area contributed by atoms with Crippen LogP contribution in [0.15, 0.2) is 47.8 Å². The Morgan fingerprint density at radius 1 is 1.22 bits per heavy atom. The van der Waals surface area contributed by atoms with Gasteiger partial charge in [0.25, 0.3) is 0 Å². The quantitative estimate of drug-likeness (QED) is 0.300. The first kappa shape index (κ1) is 25.6. The number of fused-ring (bicyclic) bond motifs is 1. The number of nitrogens with one attached hydrogen (secondary N) is 3. The molecule has 4 N–H and O–H groups in total.